The van der Waals surface area contributed by atoms with Gasteiger partial charge >= 0.3 is 0 Å². The molecule has 140 valence electrons. The van der Waals surface area contributed by atoms with Crippen LogP contribution in [0.2, 0.25) is 0 Å². The number of halogens is 1. The molecule has 0 fully saturated rings. The molecule has 0 saturated heterocycles. The minimum Gasteiger partial charge on any atom is -0.306 e. The molecule has 7 nitrogen and oxygen atoms in total. The molecule has 3 rings (SSSR count). The van der Waals surface area contributed by atoms with E-state index in [0.717, 1.165) is 11.6 Å². The van der Waals surface area contributed by atoms with E-state index in [2.05, 4.69) is 20.4 Å². The van der Waals surface area contributed by atoms with Crippen LogP contribution >= 0.6 is 0 Å². The number of aromatic nitrogens is 4. The molecule has 2 N–H and O–H groups in total. The zero-order valence-corrected chi connectivity index (χ0v) is 15.6. The summed E-state index contributed by atoms with van der Waals surface area (Å²) >= 11 is 0. The Morgan fingerprint density at radius 2 is 2.00 bits per heavy atom. The van der Waals surface area contributed by atoms with Gasteiger partial charge in [0.05, 0.1) is 5.69 Å². The molecule has 1 aromatic carbocycles. The van der Waals surface area contributed by atoms with Gasteiger partial charge in [0, 0.05) is 22.4 Å². The second kappa shape index (κ2) is 7.14. The van der Waals surface area contributed by atoms with Crippen LogP contribution < -0.4 is 10.9 Å². The lowest BCUT2D eigenvalue weighted by atomic mass is 10.2. The molecule has 0 atom stereocenters. The minimum atomic E-state index is -0.499. The summed E-state index contributed by atoms with van der Waals surface area (Å²) in [5, 5.41) is 7.12. The Hall–Kier alpha value is -3.29. The normalized spacial score (nSPS) is 10.9. The van der Waals surface area contributed by atoms with Gasteiger partial charge in [-0.05, 0) is 45.4 Å². The summed E-state index contributed by atoms with van der Waals surface area (Å²) in [6.45, 7) is 7.22. The molecule has 0 aliphatic rings. The number of aryl methyl sites for hydroxylation is 2. The molecule has 0 aliphatic heterocycles. The number of nitrogens with one attached hydrogen (secondary N) is 2. The highest BCUT2D eigenvalue weighted by atomic mass is 19.1. The van der Waals surface area contributed by atoms with Gasteiger partial charge in [-0.1, -0.05) is 13.0 Å². The summed E-state index contributed by atoms with van der Waals surface area (Å²) in [7, 11) is 0. The van der Waals surface area contributed by atoms with E-state index >= 15 is 0 Å². The standard InChI is InChI=1S/C19H20FN5O2/c1-5-15-12(4)21-19(23-18(15)27)25-16(10(2)11(3)24-25)22-17(26)13-7-6-8-14(20)9-13/h6-9H,5H2,1-4H3,(H,22,26)(H,21,23,27). The van der Waals surface area contributed by atoms with Crippen LogP contribution in [0.4, 0.5) is 10.2 Å². The Balaban J connectivity index is 2.06. The quantitative estimate of drug-likeness (QED) is 0.740. The number of carbonyl (C=O) groups excluding carboxylic acids is 1. The number of amides is 1. The minimum absolute atomic E-state index is 0.179. The maximum atomic E-state index is 13.4. The van der Waals surface area contributed by atoms with E-state index in [1.54, 1.807) is 20.8 Å². The first-order chi connectivity index (χ1) is 12.8. The van der Waals surface area contributed by atoms with E-state index < -0.39 is 11.7 Å². The summed E-state index contributed by atoms with van der Waals surface area (Å²) < 4.78 is 14.8. The molecule has 0 saturated carbocycles. The Kier molecular flexibility index (Phi) is 4.89. The summed E-state index contributed by atoms with van der Waals surface area (Å²) in [6.07, 6.45) is 0.564. The molecule has 0 radical (unpaired) electrons. The largest absolute Gasteiger partial charge is 0.306 e. The fraction of sp³-hybridized carbons (Fsp3) is 0.263. The van der Waals surface area contributed by atoms with Crippen molar-refractivity contribution in [3.05, 3.63) is 68.5 Å². The maximum Gasteiger partial charge on any atom is 0.256 e. The summed E-state index contributed by atoms with van der Waals surface area (Å²) in [5.74, 6) is -0.405. The maximum absolute atomic E-state index is 13.4. The highest BCUT2D eigenvalue weighted by molar-refractivity contribution is 6.04. The monoisotopic (exact) mass is 369 g/mol. The van der Waals surface area contributed by atoms with E-state index in [1.807, 2.05) is 6.92 Å². The zero-order chi connectivity index (χ0) is 19.7. The van der Waals surface area contributed by atoms with Crippen molar-refractivity contribution < 1.29 is 9.18 Å². The molecule has 8 heteroatoms. The lowest BCUT2D eigenvalue weighted by molar-refractivity contribution is 0.102. The first kappa shape index (κ1) is 18.5. The number of benzene rings is 1. The molecule has 0 spiro atoms. The number of carbonyl (C=O) groups is 1. The fourth-order valence-corrected chi connectivity index (χ4v) is 2.83. The second-order valence-corrected chi connectivity index (χ2v) is 6.24. The molecular formula is C19H20FN5O2. The summed E-state index contributed by atoms with van der Waals surface area (Å²) in [4.78, 5) is 31.9. The number of H-pyrrole nitrogens is 1. The van der Waals surface area contributed by atoms with Crippen molar-refractivity contribution in [1.82, 2.24) is 19.7 Å². The van der Waals surface area contributed by atoms with Crippen molar-refractivity contribution in [2.24, 2.45) is 0 Å². The van der Waals surface area contributed by atoms with Gasteiger partial charge in [0.2, 0.25) is 5.95 Å². The number of nitrogens with zero attached hydrogens (tertiary/aromatic N) is 3. The summed E-state index contributed by atoms with van der Waals surface area (Å²) in [6, 6.07) is 5.40. The Bertz CT molecular complexity index is 1080. The molecular weight excluding hydrogens is 349 g/mol. The zero-order valence-electron chi connectivity index (χ0n) is 15.6. The van der Waals surface area contributed by atoms with Crippen molar-refractivity contribution >= 4 is 11.7 Å². The van der Waals surface area contributed by atoms with Gasteiger partial charge in [0.25, 0.3) is 11.5 Å². The van der Waals surface area contributed by atoms with Gasteiger partial charge in [-0.25, -0.2) is 9.37 Å². The van der Waals surface area contributed by atoms with Crippen LogP contribution in [0.25, 0.3) is 5.95 Å². The summed E-state index contributed by atoms with van der Waals surface area (Å²) in [5.41, 5.74) is 2.53. The third-order valence-electron chi connectivity index (χ3n) is 4.44. The van der Waals surface area contributed by atoms with Crippen molar-refractivity contribution in [2.45, 2.75) is 34.1 Å². The van der Waals surface area contributed by atoms with Crippen molar-refractivity contribution in [3.63, 3.8) is 0 Å². The van der Waals surface area contributed by atoms with Crippen LogP contribution in [-0.2, 0) is 6.42 Å². The molecule has 0 aliphatic carbocycles. The van der Waals surface area contributed by atoms with E-state index in [1.165, 1.54) is 22.9 Å². The third kappa shape index (κ3) is 3.51. The van der Waals surface area contributed by atoms with Gasteiger partial charge in [0.15, 0.2) is 0 Å². The molecule has 3 aromatic rings. The Morgan fingerprint density at radius 1 is 1.26 bits per heavy atom. The highest BCUT2D eigenvalue weighted by Crippen LogP contribution is 2.22. The third-order valence-corrected chi connectivity index (χ3v) is 4.44. The number of hydrogen-bond acceptors (Lipinski definition) is 4. The second-order valence-electron chi connectivity index (χ2n) is 6.24. The van der Waals surface area contributed by atoms with E-state index in [0.29, 0.717) is 29.2 Å². The number of hydrogen-bond donors (Lipinski definition) is 2. The van der Waals surface area contributed by atoms with Crippen LogP contribution in [0, 0.1) is 26.6 Å². The smallest absolute Gasteiger partial charge is 0.256 e. The van der Waals surface area contributed by atoms with E-state index in [-0.39, 0.29) is 17.1 Å². The Morgan fingerprint density at radius 3 is 2.63 bits per heavy atom. The number of aromatic amines is 1. The predicted octanol–water partition coefficient (Wildman–Crippen LogP) is 2.83. The lowest BCUT2D eigenvalue weighted by Gasteiger charge is -2.11. The molecule has 0 bridgehead atoms. The highest BCUT2D eigenvalue weighted by Gasteiger charge is 2.19. The molecule has 2 heterocycles. The number of anilines is 1. The lowest BCUT2D eigenvalue weighted by Crippen LogP contribution is -2.22. The van der Waals surface area contributed by atoms with E-state index in [4.69, 9.17) is 0 Å². The average molecular weight is 369 g/mol. The van der Waals surface area contributed by atoms with Crippen LogP contribution in [0.5, 0.6) is 0 Å². The molecule has 1 amide bonds. The average Bonchev–Trinajstić information content (AvgIpc) is 2.90. The van der Waals surface area contributed by atoms with Gasteiger partial charge < -0.3 is 5.32 Å². The Labute approximate surface area is 155 Å². The van der Waals surface area contributed by atoms with Crippen LogP contribution in [0.3, 0.4) is 0 Å². The predicted molar refractivity (Wildman–Crippen MR) is 99.9 cm³/mol. The molecule has 0 unspecified atom stereocenters. The van der Waals surface area contributed by atoms with Crippen molar-refractivity contribution in [3.8, 4) is 5.95 Å². The fourth-order valence-electron chi connectivity index (χ4n) is 2.83. The van der Waals surface area contributed by atoms with Gasteiger partial charge in [-0.2, -0.15) is 9.78 Å². The van der Waals surface area contributed by atoms with Gasteiger partial charge in [-0.15, -0.1) is 0 Å². The number of rotatable bonds is 4. The van der Waals surface area contributed by atoms with Crippen LogP contribution in [0.15, 0.2) is 29.1 Å². The first-order valence-corrected chi connectivity index (χ1v) is 8.55. The molecule has 27 heavy (non-hydrogen) atoms. The SMILES string of the molecule is CCc1c(C)nc(-n2nc(C)c(C)c2NC(=O)c2cccc(F)c2)[nH]c1=O. The van der Waals surface area contributed by atoms with Crippen molar-refractivity contribution in [2.75, 3.05) is 5.32 Å². The van der Waals surface area contributed by atoms with Gasteiger partial charge in [-0.3, -0.25) is 14.6 Å². The topological polar surface area (TPSA) is 92.7 Å². The van der Waals surface area contributed by atoms with Gasteiger partial charge in [0.1, 0.15) is 11.6 Å². The van der Waals surface area contributed by atoms with E-state index in [9.17, 15) is 14.0 Å². The van der Waals surface area contributed by atoms with Crippen molar-refractivity contribution in [1.29, 1.82) is 0 Å². The van der Waals surface area contributed by atoms with Crippen LogP contribution in [-0.4, -0.2) is 25.7 Å². The van der Waals surface area contributed by atoms with Crippen LogP contribution in [0.1, 0.15) is 39.8 Å². The molecule has 2 aromatic heterocycles. The first-order valence-electron chi connectivity index (χ1n) is 8.55.